The molecule has 0 atom stereocenters. The maximum absolute atomic E-state index is 11.1. The molecule has 96 valence electrons. The number of primary amides is 1. The third kappa shape index (κ3) is 4.17. The maximum atomic E-state index is 11.1. The van der Waals surface area contributed by atoms with Crippen LogP contribution in [0.15, 0.2) is 30.4 Å². The van der Waals surface area contributed by atoms with Crippen molar-refractivity contribution in [1.82, 2.24) is 0 Å². The molecule has 1 rings (SSSR count). The first-order valence-electron chi connectivity index (χ1n) is 5.04. The number of carbonyl (C=O) groups excluding carboxylic acids is 1. The van der Waals surface area contributed by atoms with Gasteiger partial charge in [-0.1, -0.05) is 0 Å². The Morgan fingerprint density at radius 1 is 1.33 bits per heavy atom. The van der Waals surface area contributed by atoms with Crippen molar-refractivity contribution >= 4 is 11.9 Å². The lowest BCUT2D eigenvalue weighted by molar-refractivity contribution is -0.131. The highest BCUT2D eigenvalue weighted by molar-refractivity contribution is 5.93. The van der Waals surface area contributed by atoms with Crippen molar-refractivity contribution in [3.8, 4) is 11.5 Å². The number of nitrogens with two attached hydrogens (primary N) is 1. The summed E-state index contributed by atoms with van der Waals surface area (Å²) in [4.78, 5) is 21.3. The highest BCUT2D eigenvalue weighted by Crippen LogP contribution is 2.22. The first-order valence-corrected chi connectivity index (χ1v) is 5.04. The van der Waals surface area contributed by atoms with Crippen LogP contribution in [0.3, 0.4) is 0 Å². The Hall–Kier alpha value is -2.50. The Kier molecular flexibility index (Phi) is 4.74. The summed E-state index contributed by atoms with van der Waals surface area (Å²) in [7, 11) is 1.45. The van der Waals surface area contributed by atoms with Gasteiger partial charge in [-0.15, -0.1) is 0 Å². The lowest BCUT2D eigenvalue weighted by Crippen LogP contribution is -2.11. The van der Waals surface area contributed by atoms with Crippen LogP contribution in [0.25, 0.3) is 0 Å². The normalized spacial score (nSPS) is 10.3. The van der Waals surface area contributed by atoms with Crippen LogP contribution in [0.4, 0.5) is 0 Å². The van der Waals surface area contributed by atoms with Crippen LogP contribution >= 0.6 is 0 Å². The summed E-state index contributed by atoms with van der Waals surface area (Å²) in [5.74, 6) is -0.844. The van der Waals surface area contributed by atoms with Crippen LogP contribution in [0.1, 0.15) is 10.4 Å². The molecule has 6 nitrogen and oxygen atoms in total. The summed E-state index contributed by atoms with van der Waals surface area (Å²) in [5, 5.41) is 8.39. The Morgan fingerprint density at radius 3 is 2.56 bits per heavy atom. The maximum Gasteiger partial charge on any atom is 0.328 e. The lowest BCUT2D eigenvalue weighted by atomic mass is 10.2. The number of amides is 1. The van der Waals surface area contributed by atoms with E-state index in [9.17, 15) is 9.59 Å². The topological polar surface area (TPSA) is 98.8 Å². The number of carbonyl (C=O) groups is 2. The fourth-order valence-corrected chi connectivity index (χ4v) is 1.21. The SMILES string of the molecule is COc1cc(OC/C=C/C(=O)O)cc(C(N)=O)c1. The number of benzene rings is 1. The molecule has 0 aliphatic carbocycles. The number of ether oxygens (including phenoxy) is 2. The molecule has 18 heavy (non-hydrogen) atoms. The second-order valence-electron chi connectivity index (χ2n) is 3.31. The zero-order valence-corrected chi connectivity index (χ0v) is 9.75. The summed E-state index contributed by atoms with van der Waals surface area (Å²) < 4.78 is 10.2. The molecule has 0 aromatic heterocycles. The Balaban J connectivity index is 2.78. The Bertz CT molecular complexity index is 481. The Morgan fingerprint density at radius 2 is 2.00 bits per heavy atom. The minimum Gasteiger partial charge on any atom is -0.497 e. The predicted octanol–water partition coefficient (Wildman–Crippen LogP) is 0.814. The number of methoxy groups -OCH3 is 1. The van der Waals surface area contributed by atoms with Crippen LogP contribution in [-0.2, 0) is 4.79 Å². The summed E-state index contributed by atoms with van der Waals surface area (Å²) in [6.45, 7) is 0.0671. The second-order valence-corrected chi connectivity index (χ2v) is 3.31. The molecule has 1 aromatic rings. The fourth-order valence-electron chi connectivity index (χ4n) is 1.21. The van der Waals surface area contributed by atoms with Crippen molar-refractivity contribution in [3.05, 3.63) is 35.9 Å². The monoisotopic (exact) mass is 251 g/mol. The molecule has 0 unspecified atom stereocenters. The third-order valence-corrected chi connectivity index (χ3v) is 2.01. The molecule has 0 heterocycles. The molecule has 1 amide bonds. The van der Waals surface area contributed by atoms with Gasteiger partial charge in [-0.2, -0.15) is 0 Å². The molecule has 0 radical (unpaired) electrons. The molecule has 0 aliphatic heterocycles. The minimum absolute atomic E-state index is 0.0671. The van der Waals surface area contributed by atoms with Crippen molar-refractivity contribution in [3.63, 3.8) is 0 Å². The second kappa shape index (κ2) is 6.29. The number of carboxylic acid groups (broad SMARTS) is 1. The van der Waals surface area contributed by atoms with Gasteiger partial charge in [0.05, 0.1) is 7.11 Å². The van der Waals surface area contributed by atoms with E-state index in [-0.39, 0.29) is 12.2 Å². The van der Waals surface area contributed by atoms with Crippen LogP contribution in [0.5, 0.6) is 11.5 Å². The Labute approximate surface area is 104 Å². The van der Waals surface area contributed by atoms with E-state index >= 15 is 0 Å². The predicted molar refractivity (Wildman–Crippen MR) is 63.8 cm³/mol. The number of hydrogen-bond donors (Lipinski definition) is 2. The van der Waals surface area contributed by atoms with E-state index in [1.54, 1.807) is 6.07 Å². The zero-order valence-electron chi connectivity index (χ0n) is 9.75. The van der Waals surface area contributed by atoms with Crippen molar-refractivity contribution in [2.45, 2.75) is 0 Å². The van der Waals surface area contributed by atoms with Gasteiger partial charge in [-0.25, -0.2) is 4.79 Å². The molecule has 6 heteroatoms. The molecule has 0 saturated heterocycles. The molecule has 0 aliphatic rings. The van der Waals surface area contributed by atoms with E-state index < -0.39 is 11.9 Å². The molecule has 0 bridgehead atoms. The molecule has 0 fully saturated rings. The number of aliphatic carboxylic acids is 1. The van der Waals surface area contributed by atoms with Gasteiger partial charge in [0.15, 0.2) is 0 Å². The summed E-state index contributed by atoms with van der Waals surface area (Å²) in [6.07, 6.45) is 2.31. The molecular weight excluding hydrogens is 238 g/mol. The van der Waals surface area contributed by atoms with Gasteiger partial charge < -0.3 is 20.3 Å². The number of rotatable bonds is 6. The standard InChI is InChI=1S/C12H13NO5/c1-17-9-5-8(12(13)16)6-10(7-9)18-4-2-3-11(14)15/h2-3,5-7H,4H2,1H3,(H2,13,16)(H,14,15)/b3-2+. The van der Waals surface area contributed by atoms with Gasteiger partial charge >= 0.3 is 5.97 Å². The molecule has 0 spiro atoms. The highest BCUT2D eigenvalue weighted by atomic mass is 16.5. The van der Waals surface area contributed by atoms with Gasteiger partial charge in [0.1, 0.15) is 18.1 Å². The van der Waals surface area contributed by atoms with Crippen molar-refractivity contribution in [2.75, 3.05) is 13.7 Å². The molecular formula is C12H13NO5. The zero-order chi connectivity index (χ0) is 13.5. The average Bonchev–Trinajstić information content (AvgIpc) is 2.34. The van der Waals surface area contributed by atoms with E-state index in [0.717, 1.165) is 6.08 Å². The molecule has 1 aromatic carbocycles. The van der Waals surface area contributed by atoms with Crippen LogP contribution in [-0.4, -0.2) is 30.7 Å². The van der Waals surface area contributed by atoms with Gasteiger partial charge in [0, 0.05) is 17.7 Å². The van der Waals surface area contributed by atoms with Crippen molar-refractivity contribution in [1.29, 1.82) is 0 Å². The van der Waals surface area contributed by atoms with E-state index in [1.807, 2.05) is 0 Å². The largest absolute Gasteiger partial charge is 0.497 e. The summed E-state index contributed by atoms with van der Waals surface area (Å²) in [5.41, 5.74) is 5.42. The number of hydrogen-bond acceptors (Lipinski definition) is 4. The van der Waals surface area contributed by atoms with E-state index in [1.165, 1.54) is 25.3 Å². The van der Waals surface area contributed by atoms with E-state index in [4.69, 9.17) is 20.3 Å². The van der Waals surface area contributed by atoms with Crippen LogP contribution in [0.2, 0.25) is 0 Å². The number of carboxylic acids is 1. The van der Waals surface area contributed by atoms with Crippen molar-refractivity contribution < 1.29 is 24.2 Å². The van der Waals surface area contributed by atoms with Gasteiger partial charge in [0.25, 0.3) is 0 Å². The smallest absolute Gasteiger partial charge is 0.328 e. The molecule has 0 saturated carbocycles. The minimum atomic E-state index is -1.05. The first-order chi connectivity index (χ1) is 8.52. The third-order valence-electron chi connectivity index (χ3n) is 2.01. The summed E-state index contributed by atoms with van der Waals surface area (Å²) >= 11 is 0. The summed E-state index contributed by atoms with van der Waals surface area (Å²) in [6, 6.07) is 4.52. The van der Waals surface area contributed by atoms with Crippen molar-refractivity contribution in [2.24, 2.45) is 5.73 Å². The van der Waals surface area contributed by atoms with E-state index in [2.05, 4.69) is 0 Å². The fraction of sp³-hybridized carbons (Fsp3) is 0.167. The lowest BCUT2D eigenvalue weighted by Gasteiger charge is -2.07. The van der Waals surface area contributed by atoms with E-state index in [0.29, 0.717) is 11.5 Å². The quantitative estimate of drug-likeness (QED) is 0.729. The van der Waals surface area contributed by atoms with Crippen LogP contribution < -0.4 is 15.2 Å². The molecule has 3 N–H and O–H groups in total. The average molecular weight is 251 g/mol. The van der Waals surface area contributed by atoms with Gasteiger partial charge in [-0.3, -0.25) is 4.79 Å². The highest BCUT2D eigenvalue weighted by Gasteiger charge is 2.06. The van der Waals surface area contributed by atoms with Gasteiger partial charge in [0.2, 0.25) is 5.91 Å². The van der Waals surface area contributed by atoms with Crippen LogP contribution in [0, 0.1) is 0 Å². The first kappa shape index (κ1) is 13.6. The van der Waals surface area contributed by atoms with Gasteiger partial charge in [-0.05, 0) is 18.2 Å².